The lowest BCUT2D eigenvalue weighted by atomic mass is 9.60. The van der Waals surface area contributed by atoms with Crippen molar-refractivity contribution >= 4 is 0 Å². The summed E-state index contributed by atoms with van der Waals surface area (Å²) in [7, 11) is 17.3. The smallest absolute Gasteiger partial charge is 0.203 e. The van der Waals surface area contributed by atoms with Gasteiger partial charge < -0.3 is 47.4 Å². The zero-order chi connectivity index (χ0) is 52.3. The average molecular weight is 1010 g/mol. The lowest BCUT2D eigenvalue weighted by molar-refractivity contribution is 0.320. The van der Waals surface area contributed by atoms with E-state index in [-0.39, 0.29) is 23.7 Å². The number of hydrogen-bond donors (Lipinski definition) is 0. The van der Waals surface area contributed by atoms with Gasteiger partial charge in [-0.05, 0) is 78.9 Å². The Morgan fingerprint density at radius 2 is 0.447 bits per heavy atom. The largest absolute Gasteiger partial charge is 0.496 e. The number of rotatable bonds is 10. The van der Waals surface area contributed by atoms with Gasteiger partial charge in [-0.3, -0.25) is 0 Å². The molecule has 0 spiro atoms. The fourth-order valence-electron chi connectivity index (χ4n) is 14.4. The number of benzene rings is 8. The molecule has 0 unspecified atom stereocenters. The van der Waals surface area contributed by atoms with Crippen molar-refractivity contribution in [1.82, 2.24) is 0 Å². The summed E-state index contributed by atoms with van der Waals surface area (Å²) in [5.41, 5.74) is 22.3. The molecule has 0 aliphatic heterocycles. The second kappa shape index (κ2) is 18.3. The van der Waals surface area contributed by atoms with Crippen molar-refractivity contribution in [3.8, 4) is 57.5 Å². The van der Waals surface area contributed by atoms with E-state index in [0.29, 0.717) is 60.2 Å². The SMILES string of the molecule is COc1c2cc(c(OC)c1OC)Cc1ccc3c(c1OC)C1c4ccccc4C3c3ccc(c(OC)c31)Cc1cc(c(OC)c(OC)c1OC)Cc1ccc3c(c1OC)C1c4ccccc4C3c3ccc(c(OC)c31)C2. The summed E-state index contributed by atoms with van der Waals surface area (Å²) in [4.78, 5) is 0. The average Bonchev–Trinajstić information content (AvgIpc) is 3.60. The molecule has 15 rings (SSSR count). The van der Waals surface area contributed by atoms with Crippen molar-refractivity contribution < 1.29 is 47.4 Å². The highest BCUT2D eigenvalue weighted by molar-refractivity contribution is 5.78. The first-order chi connectivity index (χ1) is 37.3. The van der Waals surface area contributed by atoms with Gasteiger partial charge in [-0.1, -0.05) is 97.1 Å². The van der Waals surface area contributed by atoms with E-state index >= 15 is 0 Å². The maximum Gasteiger partial charge on any atom is 0.203 e. The van der Waals surface area contributed by atoms with E-state index in [2.05, 4.69) is 109 Å². The topological polar surface area (TPSA) is 92.3 Å². The molecule has 10 nitrogen and oxygen atoms in total. The number of fused-ring (bicyclic) bond motifs is 8. The van der Waals surface area contributed by atoms with Crippen LogP contribution in [-0.2, 0) is 25.7 Å². The lowest BCUT2D eigenvalue weighted by Crippen LogP contribution is -2.29. The summed E-state index contributed by atoms with van der Waals surface area (Å²) in [5.74, 6) is 6.34. The molecule has 76 heavy (non-hydrogen) atoms. The van der Waals surface area contributed by atoms with Crippen LogP contribution in [0.4, 0.5) is 0 Å². The predicted octanol–water partition coefficient (Wildman–Crippen LogP) is 12.4. The molecule has 0 radical (unpaired) electrons. The third-order valence-electron chi connectivity index (χ3n) is 17.1. The van der Waals surface area contributed by atoms with E-state index in [0.717, 1.165) is 89.8 Å². The molecule has 0 heterocycles. The Morgan fingerprint density at radius 1 is 0.224 bits per heavy atom. The third kappa shape index (κ3) is 6.51. The number of ether oxygens (including phenoxy) is 10. The van der Waals surface area contributed by atoms with E-state index < -0.39 is 0 Å². The number of hydrogen-bond acceptors (Lipinski definition) is 10. The molecule has 10 heteroatoms. The molecule has 0 saturated heterocycles. The first-order valence-electron chi connectivity index (χ1n) is 25.9. The van der Waals surface area contributed by atoms with Gasteiger partial charge >= 0.3 is 0 Å². The molecule has 8 aromatic rings. The zero-order valence-corrected chi connectivity index (χ0v) is 44.6. The normalized spacial score (nSPS) is 17.4. The molecular weight excluding hydrogens is 953 g/mol. The van der Waals surface area contributed by atoms with Crippen LogP contribution in [0.3, 0.4) is 0 Å². The monoisotopic (exact) mass is 1010 g/mol. The Bertz CT molecular complexity index is 3300. The van der Waals surface area contributed by atoms with E-state index in [4.69, 9.17) is 47.4 Å². The Kier molecular flexibility index (Phi) is 11.4. The van der Waals surface area contributed by atoms with Gasteiger partial charge in [0, 0.05) is 93.9 Å². The van der Waals surface area contributed by atoms with Crippen molar-refractivity contribution in [2.45, 2.75) is 49.4 Å². The van der Waals surface area contributed by atoms with Crippen LogP contribution in [0.2, 0.25) is 0 Å². The van der Waals surface area contributed by atoms with Crippen LogP contribution < -0.4 is 47.4 Å². The molecule has 8 aromatic carbocycles. The van der Waals surface area contributed by atoms with E-state index in [1.165, 1.54) is 44.5 Å². The Labute approximate surface area is 444 Å². The van der Waals surface area contributed by atoms with Gasteiger partial charge in [-0.25, -0.2) is 0 Å². The summed E-state index contributed by atoms with van der Waals surface area (Å²) in [6.07, 6.45) is 1.94. The van der Waals surface area contributed by atoms with Gasteiger partial charge in [0.15, 0.2) is 23.0 Å². The quantitative estimate of drug-likeness (QED) is 0.132. The fourth-order valence-corrected chi connectivity index (χ4v) is 14.4. The van der Waals surface area contributed by atoms with Crippen molar-refractivity contribution in [2.24, 2.45) is 0 Å². The molecule has 384 valence electrons. The molecule has 0 fully saturated rings. The van der Waals surface area contributed by atoms with Gasteiger partial charge in [-0.2, -0.15) is 0 Å². The zero-order valence-electron chi connectivity index (χ0n) is 44.6. The van der Waals surface area contributed by atoms with Gasteiger partial charge in [0.05, 0.1) is 71.1 Å². The van der Waals surface area contributed by atoms with Gasteiger partial charge in [0.25, 0.3) is 0 Å². The molecule has 7 aliphatic rings. The van der Waals surface area contributed by atoms with E-state index in [9.17, 15) is 0 Å². The van der Waals surface area contributed by atoms with Crippen LogP contribution in [-0.4, -0.2) is 71.1 Å². The van der Waals surface area contributed by atoms with E-state index in [1.54, 1.807) is 71.1 Å². The molecule has 0 N–H and O–H groups in total. The summed E-state index contributed by atoms with van der Waals surface area (Å²) in [5, 5.41) is 0. The van der Waals surface area contributed by atoms with Crippen LogP contribution >= 0.6 is 0 Å². The molecule has 0 saturated carbocycles. The van der Waals surface area contributed by atoms with Crippen molar-refractivity contribution in [1.29, 1.82) is 0 Å². The Balaban J connectivity index is 1.10. The predicted molar refractivity (Wildman–Crippen MR) is 292 cm³/mol. The minimum atomic E-state index is -0.192. The minimum absolute atomic E-state index is 0.0480. The number of methoxy groups -OCH3 is 10. The highest BCUT2D eigenvalue weighted by atomic mass is 16.5. The fraction of sp³-hybridized carbons (Fsp3) is 0.273. The highest BCUT2D eigenvalue weighted by Gasteiger charge is 2.48. The lowest BCUT2D eigenvalue weighted by Gasteiger charge is -2.44. The van der Waals surface area contributed by atoms with Crippen LogP contribution in [0.15, 0.2) is 109 Å². The van der Waals surface area contributed by atoms with Crippen LogP contribution in [0.25, 0.3) is 0 Å². The van der Waals surface area contributed by atoms with Gasteiger partial charge in [-0.15, -0.1) is 0 Å². The Morgan fingerprint density at radius 3 is 0.671 bits per heavy atom. The maximum atomic E-state index is 6.67. The van der Waals surface area contributed by atoms with Gasteiger partial charge in [0.1, 0.15) is 23.0 Å². The second-order valence-electron chi connectivity index (χ2n) is 20.3. The molecule has 16 bridgehead atoms. The molecular formula is C66H60O10. The summed E-state index contributed by atoms with van der Waals surface area (Å²) < 4.78 is 64.3. The highest BCUT2D eigenvalue weighted by Crippen LogP contribution is 2.63. The summed E-state index contributed by atoms with van der Waals surface area (Å²) >= 11 is 0. The second-order valence-corrected chi connectivity index (χ2v) is 20.3. The van der Waals surface area contributed by atoms with Crippen molar-refractivity contribution in [3.05, 3.63) is 220 Å². The van der Waals surface area contributed by atoms with Crippen LogP contribution in [0.1, 0.15) is 135 Å². The molecule has 0 aromatic heterocycles. The molecule has 0 atom stereocenters. The minimum Gasteiger partial charge on any atom is -0.496 e. The summed E-state index contributed by atoms with van der Waals surface area (Å²) in [6.45, 7) is 0. The van der Waals surface area contributed by atoms with Crippen molar-refractivity contribution in [2.75, 3.05) is 71.1 Å². The molecule has 0 amide bonds. The van der Waals surface area contributed by atoms with Gasteiger partial charge in [0.2, 0.25) is 11.5 Å². The maximum absolute atomic E-state index is 6.67. The third-order valence-corrected chi connectivity index (χ3v) is 17.1. The van der Waals surface area contributed by atoms with E-state index in [1.807, 2.05) is 0 Å². The first kappa shape index (κ1) is 47.5. The summed E-state index contributed by atoms with van der Waals surface area (Å²) in [6, 6.07) is 40.2. The van der Waals surface area contributed by atoms with Crippen LogP contribution in [0.5, 0.6) is 57.5 Å². The first-order valence-corrected chi connectivity index (χ1v) is 25.9. The molecule has 7 aliphatic carbocycles. The standard InChI is InChI=1S/C66H60O10/c1-67-57-33-19-23-45-49-41-15-11-13-17-43(41)51(53(45)57)54-46(49)24-20-34(58(54)68-2)28-39-32-40(64(74-8)66(76-10)63(39)73-7)30-36-22-26-48-50-42-16-12-14-18-44(42)52(56(48)60(36)70-4)55-47(50)25-21-35(59(55)69-3)29-38-31-37(27-33)61(71-5)65(75-9)62(38)72-6/h11-26,31-32,49-52H,27-30H2,1-10H3. The van der Waals surface area contributed by atoms with Crippen LogP contribution in [0, 0.1) is 0 Å². The van der Waals surface area contributed by atoms with Crippen molar-refractivity contribution in [3.63, 3.8) is 0 Å². The Hall–Kier alpha value is -8.24.